The average molecular weight is 1090 g/mol. The molecule has 0 amide bonds. The zero-order chi connectivity index (χ0) is 47.9. The summed E-state index contributed by atoms with van der Waals surface area (Å²) in [4.78, 5) is 0. The summed E-state index contributed by atoms with van der Waals surface area (Å²) in [6, 6.07) is 57.3. The van der Waals surface area contributed by atoms with E-state index in [1.54, 1.807) is 17.9 Å². The van der Waals surface area contributed by atoms with Gasteiger partial charge in [-0.3, -0.25) is 0 Å². The first-order chi connectivity index (χ1) is 33.3. The van der Waals surface area contributed by atoms with Crippen molar-refractivity contribution in [3.63, 3.8) is 0 Å². The van der Waals surface area contributed by atoms with Gasteiger partial charge in [-0.1, -0.05) is 58.0 Å². The van der Waals surface area contributed by atoms with Crippen molar-refractivity contribution in [3.05, 3.63) is 236 Å². The SMILES string of the molecule is CC=C1COCC1=CC(C#Cc1ccc2c(c1)C(C)(C)c1cc3c(cc1-2)C(C)(C)c1cc2c(cc1-3)C(C)(C)c1cc(/C=C/C)ccc1-2)=C([C]#[Os])[P+](c1ccccc1)(c1ccccc1)c1ccccc1. The summed E-state index contributed by atoms with van der Waals surface area (Å²) >= 11 is 1.80. The second-order valence-electron chi connectivity index (χ2n) is 20.6. The number of fused-ring (bicyclic) bond motifs is 9. The molecule has 7 aromatic rings. The van der Waals surface area contributed by atoms with Gasteiger partial charge in [-0.25, -0.2) is 0 Å². The molecule has 1 heterocycles. The monoisotopic (exact) mass is 1090 g/mol. The molecular formula is C66H57OOsP+. The predicted molar refractivity (Wildman–Crippen MR) is 289 cm³/mol. The topological polar surface area (TPSA) is 9.23 Å². The van der Waals surface area contributed by atoms with E-state index in [-0.39, 0.29) is 16.2 Å². The Hall–Kier alpha value is -6.13. The van der Waals surface area contributed by atoms with E-state index in [0.29, 0.717) is 13.2 Å². The first kappa shape index (κ1) is 45.3. The van der Waals surface area contributed by atoms with Crippen LogP contribution in [-0.2, 0) is 38.9 Å². The minimum absolute atomic E-state index is 0.0958. The van der Waals surface area contributed by atoms with Crippen molar-refractivity contribution in [1.82, 2.24) is 0 Å². The van der Waals surface area contributed by atoms with E-state index in [4.69, 9.17) is 4.74 Å². The third-order valence-corrected chi connectivity index (χ3v) is 21.1. The summed E-state index contributed by atoms with van der Waals surface area (Å²) < 4.78 is 9.94. The van der Waals surface area contributed by atoms with E-state index in [1.807, 2.05) is 0 Å². The Kier molecular flexibility index (Phi) is 11.2. The van der Waals surface area contributed by atoms with Crippen LogP contribution in [0, 0.1) is 16.2 Å². The van der Waals surface area contributed by atoms with Crippen molar-refractivity contribution < 1.29 is 22.7 Å². The van der Waals surface area contributed by atoms with E-state index < -0.39 is 7.26 Å². The van der Waals surface area contributed by atoms with E-state index in [9.17, 15) is 0 Å². The molecule has 339 valence electrons. The molecule has 1 fully saturated rings. The molecule has 3 aliphatic carbocycles. The Labute approximate surface area is 420 Å². The number of allylic oxidation sites excluding steroid dienone is 5. The molecular weight excluding hydrogens is 1030 g/mol. The predicted octanol–water partition coefficient (Wildman–Crippen LogP) is 14.6. The van der Waals surface area contributed by atoms with E-state index in [2.05, 4.69) is 248 Å². The van der Waals surface area contributed by atoms with Gasteiger partial charge in [0, 0.05) is 10.8 Å². The Balaban J connectivity index is 1.05. The molecule has 7 aromatic carbocycles. The van der Waals surface area contributed by atoms with E-state index in [1.165, 1.54) is 99.4 Å². The first-order valence-corrected chi connectivity index (χ1v) is 27.3. The van der Waals surface area contributed by atoms with Crippen LogP contribution < -0.4 is 15.9 Å². The molecule has 1 nitrogen and oxygen atoms in total. The third kappa shape index (κ3) is 7.01. The number of rotatable bonds is 6. The van der Waals surface area contributed by atoms with Gasteiger partial charge < -0.3 is 0 Å². The molecule has 4 aliphatic rings. The normalized spacial score (nSPS) is 17.9. The second kappa shape index (κ2) is 17.1. The summed E-state index contributed by atoms with van der Waals surface area (Å²) in [5, 5.41) is 4.95. The fourth-order valence-corrected chi connectivity index (χ4v) is 17.7. The standard InChI is InChI=1S/C66H57OP.Os/c1-10-21-44-29-32-52-54-37-62-56(39-60(54)64(4,5)58(52)34-44)57-40-61-55(38-63(57)66(62,8)9)53-33-30-45(35-59(53)65(61,6)7)28-31-47(36-48-42-67-41-46(48)11-2)43(3)68(49-22-15-12-16-23-49,50-24-17-13-18-25-50)51-26-19-14-20-27-51;/h10-27,29-30,32-40H,41-42H2,1-2,4-9H3;/q+1;/b21-10+,46-11?,47-43?,48-36?;. The van der Waals surface area contributed by atoms with Gasteiger partial charge in [0.1, 0.15) is 0 Å². The number of hydrogen-bond donors (Lipinski definition) is 0. The zero-order valence-electron chi connectivity index (χ0n) is 40.9. The summed E-state index contributed by atoms with van der Waals surface area (Å²) in [6.45, 7) is 19.8. The van der Waals surface area contributed by atoms with Gasteiger partial charge in [-0.15, -0.1) is 0 Å². The minimum atomic E-state index is -2.51. The Morgan fingerprint density at radius 1 is 0.522 bits per heavy atom. The molecule has 0 aromatic heterocycles. The molecule has 1 saturated heterocycles. The molecule has 1 aliphatic heterocycles. The maximum absolute atomic E-state index is 6.08. The van der Waals surface area contributed by atoms with Crippen molar-refractivity contribution in [1.29, 1.82) is 0 Å². The first-order valence-electron chi connectivity index (χ1n) is 24.3. The summed E-state index contributed by atoms with van der Waals surface area (Å²) in [5.74, 6) is 7.62. The van der Waals surface area contributed by atoms with Crippen LogP contribution in [0.25, 0.3) is 39.5 Å². The van der Waals surface area contributed by atoms with Crippen LogP contribution >= 0.6 is 7.26 Å². The molecule has 0 spiro atoms. The molecule has 0 atom stereocenters. The molecule has 11 rings (SSSR count). The summed E-state index contributed by atoms with van der Waals surface area (Å²) in [5.41, 5.74) is 21.7. The molecule has 0 unspecified atom stereocenters. The van der Waals surface area contributed by atoms with Crippen LogP contribution in [0.3, 0.4) is 0 Å². The fraction of sp³-hybridized carbons (Fsp3) is 0.197. The number of hydrogen-bond acceptors (Lipinski definition) is 1. The van der Waals surface area contributed by atoms with Gasteiger partial charge in [0.25, 0.3) is 0 Å². The Morgan fingerprint density at radius 3 is 1.42 bits per heavy atom. The Morgan fingerprint density at radius 2 is 0.957 bits per heavy atom. The van der Waals surface area contributed by atoms with E-state index in [0.717, 1.165) is 16.5 Å². The van der Waals surface area contributed by atoms with Crippen LogP contribution in [0.1, 0.15) is 99.9 Å². The number of ether oxygens (including phenoxy) is 1. The molecule has 69 heavy (non-hydrogen) atoms. The zero-order valence-corrected chi connectivity index (χ0v) is 44.3. The van der Waals surface area contributed by atoms with Crippen molar-refractivity contribution in [2.45, 2.75) is 71.6 Å². The molecule has 3 heteroatoms. The van der Waals surface area contributed by atoms with Crippen molar-refractivity contribution in [2.24, 2.45) is 0 Å². The molecule has 0 bridgehead atoms. The quantitative estimate of drug-likeness (QED) is 0.119. The summed E-state index contributed by atoms with van der Waals surface area (Å²) in [6.07, 6.45) is 8.83. The number of benzene rings is 7. The maximum atomic E-state index is 6.08. The van der Waals surface area contributed by atoms with E-state index >= 15 is 0 Å². The average Bonchev–Trinajstić information content (AvgIpc) is 4.04. The summed E-state index contributed by atoms with van der Waals surface area (Å²) in [7, 11) is -2.51. The third-order valence-electron chi connectivity index (χ3n) is 15.7. The molecule has 0 radical (unpaired) electrons. The van der Waals surface area contributed by atoms with Crippen molar-refractivity contribution >= 4 is 29.3 Å². The van der Waals surface area contributed by atoms with Crippen molar-refractivity contribution in [2.75, 3.05) is 13.2 Å². The molecule has 0 N–H and O–H groups in total. The fourth-order valence-electron chi connectivity index (χ4n) is 12.0. The van der Waals surface area contributed by atoms with Gasteiger partial charge >= 0.3 is 296 Å². The van der Waals surface area contributed by atoms with Gasteiger partial charge in [0.15, 0.2) is 0 Å². The van der Waals surface area contributed by atoms with Gasteiger partial charge in [0.2, 0.25) is 0 Å². The van der Waals surface area contributed by atoms with Crippen LogP contribution in [-0.4, -0.2) is 13.2 Å². The van der Waals surface area contributed by atoms with Crippen molar-refractivity contribution in [3.8, 4) is 49.6 Å². The molecule has 0 saturated carbocycles. The van der Waals surface area contributed by atoms with Crippen LogP contribution in [0.4, 0.5) is 0 Å². The second-order valence-corrected chi connectivity index (χ2v) is 24.6. The van der Waals surface area contributed by atoms with Gasteiger partial charge in [-0.05, 0) is 58.0 Å². The Bertz CT molecular complexity index is 3410. The van der Waals surface area contributed by atoms with Gasteiger partial charge in [0.05, 0.1) is 0 Å². The van der Waals surface area contributed by atoms with Gasteiger partial charge in [-0.2, -0.15) is 0 Å². The van der Waals surface area contributed by atoms with Crippen LogP contribution in [0.5, 0.6) is 0 Å². The van der Waals surface area contributed by atoms with Crippen LogP contribution in [0.15, 0.2) is 192 Å². The van der Waals surface area contributed by atoms with Crippen LogP contribution in [0.2, 0.25) is 0 Å².